The molecule has 0 aliphatic heterocycles. The Labute approximate surface area is 138 Å². The van der Waals surface area contributed by atoms with E-state index in [1.807, 2.05) is 18.2 Å². The van der Waals surface area contributed by atoms with Gasteiger partial charge in [0.2, 0.25) is 0 Å². The van der Waals surface area contributed by atoms with Crippen LogP contribution in [0.1, 0.15) is 38.7 Å². The molecule has 1 aromatic carbocycles. The highest BCUT2D eigenvalue weighted by Gasteiger charge is 2.28. The first kappa shape index (κ1) is 18.8. The van der Waals surface area contributed by atoms with Gasteiger partial charge in [-0.05, 0) is 32.3 Å². The minimum Gasteiger partial charge on any atom is -0.465 e. The fraction of sp³-hybridized carbons (Fsp3) is 0.474. The number of carbonyl (C=O) groups is 2. The largest absolute Gasteiger partial charge is 0.465 e. The van der Waals surface area contributed by atoms with E-state index < -0.39 is 17.9 Å². The van der Waals surface area contributed by atoms with Gasteiger partial charge in [-0.15, -0.1) is 11.8 Å². The molecule has 0 heterocycles. The molecule has 0 unspecified atom stereocenters. The van der Waals surface area contributed by atoms with E-state index in [2.05, 4.69) is 24.0 Å². The molecule has 1 aromatic rings. The highest BCUT2D eigenvalue weighted by molar-refractivity contribution is 5.95. The molecule has 4 nitrogen and oxygen atoms in total. The molecule has 0 N–H and O–H groups in total. The number of hydrogen-bond acceptors (Lipinski definition) is 4. The summed E-state index contributed by atoms with van der Waals surface area (Å²) in [4.78, 5) is 23.5. The molecule has 0 bridgehead atoms. The minimum absolute atomic E-state index is 0.142. The van der Waals surface area contributed by atoms with E-state index >= 15 is 0 Å². The molecular weight excluding hydrogens is 292 g/mol. The first-order valence-corrected chi connectivity index (χ1v) is 8.02. The fourth-order valence-corrected chi connectivity index (χ4v) is 2.04. The summed E-state index contributed by atoms with van der Waals surface area (Å²) in [6.07, 6.45) is 2.78. The first-order chi connectivity index (χ1) is 11.2. The van der Waals surface area contributed by atoms with Crippen molar-refractivity contribution in [3.8, 4) is 11.8 Å². The van der Waals surface area contributed by atoms with Gasteiger partial charge in [0, 0.05) is 12.8 Å². The lowest BCUT2D eigenvalue weighted by molar-refractivity contribution is -0.161. The van der Waals surface area contributed by atoms with Crippen molar-refractivity contribution in [2.24, 2.45) is 5.92 Å². The Kier molecular flexibility index (Phi) is 9.23. The lowest BCUT2D eigenvalue weighted by Gasteiger charge is -2.11. The molecule has 0 amide bonds. The molecule has 23 heavy (non-hydrogen) atoms. The summed E-state index contributed by atoms with van der Waals surface area (Å²) in [5.41, 5.74) is 1.28. The number of unbranched alkanes of at least 4 members (excludes halogenated alkanes) is 1. The van der Waals surface area contributed by atoms with Crippen LogP contribution in [-0.4, -0.2) is 25.2 Å². The molecule has 0 radical (unpaired) electrons. The van der Waals surface area contributed by atoms with Crippen molar-refractivity contribution in [3.63, 3.8) is 0 Å². The highest BCUT2D eigenvalue weighted by atomic mass is 16.6. The zero-order valence-electron chi connectivity index (χ0n) is 13.8. The number of esters is 2. The van der Waals surface area contributed by atoms with Gasteiger partial charge in [0.15, 0.2) is 5.92 Å². The van der Waals surface area contributed by atoms with Gasteiger partial charge in [-0.3, -0.25) is 9.59 Å². The Morgan fingerprint density at radius 3 is 2.17 bits per heavy atom. The van der Waals surface area contributed by atoms with Crippen LogP contribution < -0.4 is 0 Å². The molecule has 1 rings (SSSR count). The van der Waals surface area contributed by atoms with Gasteiger partial charge in [-0.1, -0.05) is 30.3 Å². The Morgan fingerprint density at radius 2 is 1.61 bits per heavy atom. The summed E-state index contributed by atoms with van der Waals surface area (Å²) in [5.74, 6) is 3.84. The van der Waals surface area contributed by atoms with Gasteiger partial charge in [-0.2, -0.15) is 0 Å². The van der Waals surface area contributed by atoms with Gasteiger partial charge < -0.3 is 9.47 Å². The van der Waals surface area contributed by atoms with Gasteiger partial charge >= 0.3 is 11.9 Å². The average Bonchev–Trinajstić information content (AvgIpc) is 2.55. The van der Waals surface area contributed by atoms with Crippen molar-refractivity contribution in [3.05, 3.63) is 35.9 Å². The SMILES string of the molecule is CCOC(=O)C(CC#CCCCc1ccccc1)C(=O)OCC. The highest BCUT2D eigenvalue weighted by Crippen LogP contribution is 2.09. The number of aryl methyl sites for hydroxylation is 1. The summed E-state index contributed by atoms with van der Waals surface area (Å²) in [5, 5.41) is 0. The van der Waals surface area contributed by atoms with Crippen molar-refractivity contribution in [1.29, 1.82) is 0 Å². The summed E-state index contributed by atoms with van der Waals surface area (Å²) in [7, 11) is 0. The van der Waals surface area contributed by atoms with Gasteiger partial charge in [0.25, 0.3) is 0 Å². The van der Waals surface area contributed by atoms with E-state index in [1.54, 1.807) is 13.8 Å². The van der Waals surface area contributed by atoms with Crippen LogP contribution in [0.4, 0.5) is 0 Å². The number of rotatable bonds is 8. The summed E-state index contributed by atoms with van der Waals surface area (Å²) >= 11 is 0. The van der Waals surface area contributed by atoms with Crippen molar-refractivity contribution in [2.75, 3.05) is 13.2 Å². The Balaban J connectivity index is 2.42. The topological polar surface area (TPSA) is 52.6 Å². The second kappa shape index (κ2) is 11.3. The zero-order chi connectivity index (χ0) is 16.9. The first-order valence-electron chi connectivity index (χ1n) is 8.02. The summed E-state index contributed by atoms with van der Waals surface area (Å²) in [6.45, 7) is 3.88. The van der Waals surface area contributed by atoms with Crippen LogP contribution in [0.25, 0.3) is 0 Å². The van der Waals surface area contributed by atoms with E-state index in [4.69, 9.17) is 9.47 Å². The van der Waals surface area contributed by atoms with Crippen LogP contribution in [0, 0.1) is 17.8 Å². The third-order valence-electron chi connectivity index (χ3n) is 3.18. The molecule has 0 atom stereocenters. The van der Waals surface area contributed by atoms with Crippen LogP contribution in [0.15, 0.2) is 30.3 Å². The second-order valence-electron chi connectivity index (χ2n) is 4.95. The normalized spacial score (nSPS) is 9.87. The lowest BCUT2D eigenvalue weighted by atomic mass is 10.1. The third kappa shape index (κ3) is 7.51. The van der Waals surface area contributed by atoms with E-state index in [-0.39, 0.29) is 19.6 Å². The van der Waals surface area contributed by atoms with E-state index in [9.17, 15) is 9.59 Å². The molecule has 0 aromatic heterocycles. The molecule has 0 saturated carbocycles. The maximum atomic E-state index is 11.8. The quantitative estimate of drug-likeness (QED) is 0.320. The monoisotopic (exact) mass is 316 g/mol. The van der Waals surface area contributed by atoms with Gasteiger partial charge in [-0.25, -0.2) is 0 Å². The van der Waals surface area contributed by atoms with E-state index in [0.29, 0.717) is 0 Å². The van der Waals surface area contributed by atoms with Crippen LogP contribution >= 0.6 is 0 Å². The number of hydrogen-bond donors (Lipinski definition) is 0. The van der Waals surface area contributed by atoms with Crippen molar-refractivity contribution in [1.82, 2.24) is 0 Å². The molecule has 124 valence electrons. The summed E-state index contributed by atoms with van der Waals surface area (Å²) < 4.78 is 9.80. The number of benzene rings is 1. The predicted octanol–water partition coefficient (Wildman–Crippen LogP) is 3.15. The number of ether oxygens (including phenoxy) is 2. The standard InChI is InChI=1S/C19H24O4/c1-3-22-18(20)17(19(21)23-4-2)15-11-6-5-8-12-16-13-9-7-10-14-16/h7,9-10,13-14,17H,3-5,8,12,15H2,1-2H3. The van der Waals surface area contributed by atoms with Gasteiger partial charge in [0.1, 0.15) is 0 Å². The Hall–Kier alpha value is -2.28. The van der Waals surface area contributed by atoms with Crippen molar-refractivity contribution < 1.29 is 19.1 Å². The summed E-state index contributed by atoms with van der Waals surface area (Å²) in [6, 6.07) is 10.2. The maximum absolute atomic E-state index is 11.8. The maximum Gasteiger partial charge on any atom is 0.321 e. The molecule has 0 aliphatic carbocycles. The molecule has 0 spiro atoms. The van der Waals surface area contributed by atoms with Gasteiger partial charge in [0.05, 0.1) is 13.2 Å². The lowest BCUT2D eigenvalue weighted by Crippen LogP contribution is -2.27. The van der Waals surface area contributed by atoms with Crippen LogP contribution in [0.5, 0.6) is 0 Å². The molecule has 0 saturated heterocycles. The molecule has 0 fully saturated rings. The fourth-order valence-electron chi connectivity index (χ4n) is 2.04. The molecule has 4 heteroatoms. The van der Waals surface area contributed by atoms with Crippen LogP contribution in [-0.2, 0) is 25.5 Å². The second-order valence-corrected chi connectivity index (χ2v) is 4.95. The predicted molar refractivity (Wildman–Crippen MR) is 88.5 cm³/mol. The van der Waals surface area contributed by atoms with Crippen LogP contribution in [0.3, 0.4) is 0 Å². The zero-order valence-corrected chi connectivity index (χ0v) is 13.8. The van der Waals surface area contributed by atoms with E-state index in [1.165, 1.54) is 5.56 Å². The Bertz CT molecular complexity index is 521. The third-order valence-corrected chi connectivity index (χ3v) is 3.18. The van der Waals surface area contributed by atoms with Crippen molar-refractivity contribution >= 4 is 11.9 Å². The number of carbonyl (C=O) groups excluding carboxylic acids is 2. The van der Waals surface area contributed by atoms with Crippen LogP contribution in [0.2, 0.25) is 0 Å². The van der Waals surface area contributed by atoms with Crippen molar-refractivity contribution in [2.45, 2.75) is 39.5 Å². The van der Waals surface area contributed by atoms with E-state index in [0.717, 1.165) is 19.3 Å². The molecule has 0 aliphatic rings. The smallest absolute Gasteiger partial charge is 0.321 e. The minimum atomic E-state index is -0.948. The Morgan fingerprint density at radius 1 is 1.00 bits per heavy atom. The average molecular weight is 316 g/mol. The molecular formula is C19H24O4.